The Balaban J connectivity index is 3.95. The monoisotopic (exact) mass is 231 g/mol. The summed E-state index contributed by atoms with van der Waals surface area (Å²) in [6.45, 7) is 11.4. The Hall–Kier alpha value is -0.650. The minimum Gasteiger partial charge on any atom is -0.356 e. The van der Waals surface area contributed by atoms with Crippen molar-refractivity contribution in [2.24, 2.45) is 17.7 Å². The Morgan fingerprint density at radius 2 is 1.75 bits per heavy atom. The number of nitrogens with one attached hydrogen (secondary N) is 1. The van der Waals surface area contributed by atoms with E-state index < -0.39 is 0 Å². The molecule has 0 aliphatic heterocycles. The molecular formula is C11H25N3O2. The average Bonchev–Trinajstić information content (AvgIpc) is 2.13. The fraction of sp³-hybridized carbons (Fsp3) is 0.909. The number of nitrogens with two attached hydrogens (primary N) is 1. The normalized spacial score (nSPS) is 11.5. The van der Waals surface area contributed by atoms with Crippen LogP contribution < -0.4 is 11.4 Å². The second-order valence-electron chi connectivity index (χ2n) is 4.89. The molecule has 96 valence electrons. The van der Waals surface area contributed by atoms with E-state index in [9.17, 15) is 4.79 Å². The Bertz CT molecular complexity index is 186. The van der Waals surface area contributed by atoms with Crippen molar-refractivity contribution in [3.05, 3.63) is 0 Å². The topological polar surface area (TPSA) is 67.6 Å². The van der Waals surface area contributed by atoms with Gasteiger partial charge in [-0.3, -0.25) is 4.79 Å². The van der Waals surface area contributed by atoms with Gasteiger partial charge in [-0.2, -0.15) is 0 Å². The molecule has 5 heteroatoms. The highest BCUT2D eigenvalue weighted by molar-refractivity contribution is 5.69. The summed E-state index contributed by atoms with van der Waals surface area (Å²) in [6.07, 6.45) is 0.365. The van der Waals surface area contributed by atoms with Crippen LogP contribution in [0.2, 0.25) is 0 Å². The SMILES string of the molecule is CC(C)CN(CCC(=O)ONN)CC(C)C. The minimum atomic E-state index is -0.319. The number of hydrogen-bond donors (Lipinski definition) is 2. The third-order valence-corrected chi connectivity index (χ3v) is 2.05. The molecule has 16 heavy (non-hydrogen) atoms. The van der Waals surface area contributed by atoms with Crippen LogP contribution in [0.1, 0.15) is 34.1 Å². The van der Waals surface area contributed by atoms with Gasteiger partial charge >= 0.3 is 5.97 Å². The Kier molecular flexibility index (Phi) is 8.15. The standard InChI is InChI=1S/C11H25N3O2/c1-9(2)7-14(8-10(3)4)6-5-11(15)16-13-12/h9-10,13H,5-8,12H2,1-4H3. The summed E-state index contributed by atoms with van der Waals surface area (Å²) in [4.78, 5) is 17.9. The van der Waals surface area contributed by atoms with Crippen LogP contribution in [-0.2, 0) is 9.63 Å². The number of hydrogen-bond acceptors (Lipinski definition) is 5. The summed E-state index contributed by atoms with van der Waals surface area (Å²) in [6, 6.07) is 0. The van der Waals surface area contributed by atoms with Crippen LogP contribution in [0.5, 0.6) is 0 Å². The van der Waals surface area contributed by atoms with Gasteiger partial charge in [0, 0.05) is 19.6 Å². The first-order valence-electron chi connectivity index (χ1n) is 5.83. The quantitative estimate of drug-likeness (QED) is 0.480. The van der Waals surface area contributed by atoms with E-state index in [0.717, 1.165) is 19.6 Å². The van der Waals surface area contributed by atoms with Gasteiger partial charge in [-0.05, 0) is 11.8 Å². The van der Waals surface area contributed by atoms with Crippen molar-refractivity contribution < 1.29 is 9.63 Å². The molecule has 0 aliphatic carbocycles. The molecular weight excluding hydrogens is 206 g/mol. The predicted octanol–water partition coefficient (Wildman–Crippen LogP) is 0.912. The molecule has 0 radical (unpaired) electrons. The number of rotatable bonds is 8. The van der Waals surface area contributed by atoms with E-state index in [1.807, 2.05) is 5.59 Å². The van der Waals surface area contributed by atoms with Gasteiger partial charge in [-0.25, -0.2) is 5.84 Å². The van der Waals surface area contributed by atoms with Gasteiger partial charge in [-0.1, -0.05) is 33.3 Å². The zero-order valence-electron chi connectivity index (χ0n) is 10.8. The number of carbonyl (C=O) groups excluding carboxylic acids is 1. The molecule has 0 saturated carbocycles. The highest BCUT2D eigenvalue weighted by Crippen LogP contribution is 2.04. The Morgan fingerprint density at radius 1 is 1.25 bits per heavy atom. The van der Waals surface area contributed by atoms with Crippen molar-refractivity contribution in [1.29, 1.82) is 0 Å². The van der Waals surface area contributed by atoms with Crippen LogP contribution in [0.25, 0.3) is 0 Å². The van der Waals surface area contributed by atoms with Crippen molar-refractivity contribution in [3.8, 4) is 0 Å². The molecule has 0 rings (SSSR count). The summed E-state index contributed by atoms with van der Waals surface area (Å²) in [5, 5.41) is 0. The molecule has 0 aromatic rings. The number of carbonyl (C=O) groups is 1. The maximum atomic E-state index is 11.1. The van der Waals surface area contributed by atoms with Gasteiger partial charge in [0.1, 0.15) is 0 Å². The van der Waals surface area contributed by atoms with E-state index >= 15 is 0 Å². The van der Waals surface area contributed by atoms with Crippen molar-refractivity contribution in [1.82, 2.24) is 10.5 Å². The average molecular weight is 231 g/mol. The van der Waals surface area contributed by atoms with Gasteiger partial charge in [0.25, 0.3) is 0 Å². The molecule has 0 saturated heterocycles. The summed E-state index contributed by atoms with van der Waals surface area (Å²) >= 11 is 0. The first-order chi connectivity index (χ1) is 7.45. The van der Waals surface area contributed by atoms with E-state index in [1.54, 1.807) is 0 Å². The van der Waals surface area contributed by atoms with Crippen molar-refractivity contribution in [2.75, 3.05) is 19.6 Å². The van der Waals surface area contributed by atoms with Crippen LogP contribution in [0, 0.1) is 11.8 Å². The lowest BCUT2D eigenvalue weighted by molar-refractivity contribution is -0.151. The lowest BCUT2D eigenvalue weighted by atomic mass is 10.1. The highest BCUT2D eigenvalue weighted by atomic mass is 16.7. The molecule has 0 aromatic carbocycles. The van der Waals surface area contributed by atoms with Crippen molar-refractivity contribution in [2.45, 2.75) is 34.1 Å². The zero-order valence-corrected chi connectivity index (χ0v) is 10.8. The van der Waals surface area contributed by atoms with Gasteiger partial charge in [0.2, 0.25) is 0 Å². The van der Waals surface area contributed by atoms with Crippen LogP contribution in [-0.4, -0.2) is 30.5 Å². The van der Waals surface area contributed by atoms with Crippen LogP contribution in [0.15, 0.2) is 0 Å². The zero-order chi connectivity index (χ0) is 12.6. The third-order valence-electron chi connectivity index (χ3n) is 2.05. The Labute approximate surface area is 98.2 Å². The van der Waals surface area contributed by atoms with E-state index in [4.69, 9.17) is 5.84 Å². The molecule has 0 heterocycles. The smallest absolute Gasteiger partial charge is 0.327 e. The summed E-state index contributed by atoms with van der Waals surface area (Å²) in [5.41, 5.74) is 1.90. The van der Waals surface area contributed by atoms with E-state index in [-0.39, 0.29) is 5.97 Å². The van der Waals surface area contributed by atoms with Crippen molar-refractivity contribution >= 4 is 5.97 Å². The summed E-state index contributed by atoms with van der Waals surface area (Å²) < 4.78 is 0. The molecule has 0 bridgehead atoms. The summed E-state index contributed by atoms with van der Waals surface area (Å²) in [7, 11) is 0. The van der Waals surface area contributed by atoms with Gasteiger partial charge in [0.15, 0.2) is 0 Å². The van der Waals surface area contributed by atoms with Crippen LogP contribution in [0.4, 0.5) is 0 Å². The molecule has 0 unspecified atom stereocenters. The maximum absolute atomic E-state index is 11.1. The molecule has 0 fully saturated rings. The third kappa shape index (κ3) is 8.64. The molecule has 0 atom stereocenters. The molecule has 5 nitrogen and oxygen atoms in total. The highest BCUT2D eigenvalue weighted by Gasteiger charge is 2.12. The van der Waals surface area contributed by atoms with Crippen molar-refractivity contribution in [3.63, 3.8) is 0 Å². The molecule has 3 N–H and O–H groups in total. The lowest BCUT2D eigenvalue weighted by Crippen LogP contribution is -2.34. The maximum Gasteiger partial charge on any atom is 0.327 e. The first kappa shape index (κ1) is 15.3. The Morgan fingerprint density at radius 3 is 2.12 bits per heavy atom. The van der Waals surface area contributed by atoms with E-state index in [2.05, 4.69) is 37.4 Å². The second-order valence-corrected chi connectivity index (χ2v) is 4.89. The second kappa shape index (κ2) is 8.50. The van der Waals surface area contributed by atoms with Crippen LogP contribution in [0.3, 0.4) is 0 Å². The lowest BCUT2D eigenvalue weighted by Gasteiger charge is -2.25. The summed E-state index contributed by atoms with van der Waals surface area (Å²) in [5.74, 6) is 5.77. The van der Waals surface area contributed by atoms with Gasteiger partial charge in [-0.15, -0.1) is 0 Å². The largest absolute Gasteiger partial charge is 0.356 e. The first-order valence-corrected chi connectivity index (χ1v) is 5.83. The van der Waals surface area contributed by atoms with Gasteiger partial charge < -0.3 is 9.74 Å². The molecule has 0 aliphatic rings. The molecule has 0 spiro atoms. The predicted molar refractivity (Wildman–Crippen MR) is 64.1 cm³/mol. The fourth-order valence-electron chi connectivity index (χ4n) is 1.66. The number of nitrogens with zero attached hydrogens (tertiary/aromatic N) is 1. The number of hydrazine groups is 1. The van der Waals surface area contributed by atoms with E-state index in [0.29, 0.717) is 18.3 Å². The van der Waals surface area contributed by atoms with Gasteiger partial charge in [0.05, 0.1) is 6.42 Å². The van der Waals surface area contributed by atoms with Crippen LogP contribution >= 0.6 is 0 Å². The minimum absolute atomic E-state index is 0.319. The molecule has 0 aromatic heterocycles. The van der Waals surface area contributed by atoms with E-state index in [1.165, 1.54) is 0 Å². The molecule has 0 amide bonds. The fourth-order valence-corrected chi connectivity index (χ4v) is 1.66.